The van der Waals surface area contributed by atoms with Gasteiger partial charge < -0.3 is 50.3 Å². The van der Waals surface area contributed by atoms with Crippen molar-refractivity contribution in [1.82, 2.24) is 4.90 Å². The Labute approximate surface area is 177 Å². The first-order valence-corrected chi connectivity index (χ1v) is 9.41. The van der Waals surface area contributed by atoms with Crippen LogP contribution in [-0.2, 0) is 16.3 Å². The van der Waals surface area contributed by atoms with E-state index in [-0.39, 0.29) is 28.7 Å². The Morgan fingerprint density at radius 3 is 1.84 bits per heavy atom. The van der Waals surface area contributed by atoms with Crippen LogP contribution in [0.15, 0.2) is 12.1 Å². The summed E-state index contributed by atoms with van der Waals surface area (Å²) in [6, 6.07) is 1.80. The highest BCUT2D eigenvalue weighted by molar-refractivity contribution is 5.95. The molecule has 0 aromatic heterocycles. The molecule has 2 heterocycles. The quantitative estimate of drug-likeness (QED) is 0.218. The number of ether oxygens (including phenoxy) is 2. The van der Waals surface area contributed by atoms with Gasteiger partial charge in [-0.1, -0.05) is 13.8 Å². The molecule has 0 bridgehead atoms. The van der Waals surface area contributed by atoms with E-state index >= 15 is 0 Å². The zero-order valence-electron chi connectivity index (χ0n) is 17.4. The van der Waals surface area contributed by atoms with Crippen LogP contribution in [0.5, 0.6) is 11.5 Å². The van der Waals surface area contributed by atoms with Gasteiger partial charge in [0.25, 0.3) is 17.5 Å². The van der Waals surface area contributed by atoms with Crippen molar-refractivity contribution in [3.63, 3.8) is 0 Å². The summed E-state index contributed by atoms with van der Waals surface area (Å²) in [5, 5.41) is 86.5. The average molecular weight is 445 g/mol. The molecule has 0 aliphatic carbocycles. The Balaban J connectivity index is 2.40. The number of carbonyl (C=O) groups is 1. The topological polar surface area (TPSA) is 201 Å². The summed E-state index contributed by atoms with van der Waals surface area (Å²) >= 11 is 0. The first kappa shape index (κ1) is 23.8. The molecule has 0 amide bonds. The van der Waals surface area contributed by atoms with Crippen molar-refractivity contribution in [3.05, 3.63) is 23.3 Å². The summed E-state index contributed by atoms with van der Waals surface area (Å²) in [7, 11) is 2.41. The van der Waals surface area contributed by atoms with Crippen LogP contribution in [0.3, 0.4) is 0 Å². The molecule has 8 N–H and O–H groups in total. The summed E-state index contributed by atoms with van der Waals surface area (Å²) in [5.41, 5.74) is -7.41. The maximum absolute atomic E-state index is 12.9. The molecular formula is C19H27NO11. The number of benzene rings is 1. The highest BCUT2D eigenvalue weighted by atomic mass is 16.6. The SMILES string of the molecule is COc1cc2c(cc1OC)C1(O)N(CC(O)(CC(C)C)C(=O)C1(O)O)C(O)(O)C2(O)O. The monoisotopic (exact) mass is 445 g/mol. The van der Waals surface area contributed by atoms with Crippen molar-refractivity contribution in [3.8, 4) is 11.5 Å². The number of fused-ring (bicyclic) bond motifs is 3. The molecule has 0 radical (unpaired) electrons. The fourth-order valence-corrected chi connectivity index (χ4v) is 4.45. The van der Waals surface area contributed by atoms with E-state index in [9.17, 15) is 45.6 Å². The Hall–Kier alpha value is -1.87. The molecule has 12 nitrogen and oxygen atoms in total. The van der Waals surface area contributed by atoms with E-state index < -0.39 is 52.3 Å². The number of methoxy groups -OCH3 is 2. The van der Waals surface area contributed by atoms with Crippen molar-refractivity contribution in [1.29, 1.82) is 0 Å². The van der Waals surface area contributed by atoms with Crippen molar-refractivity contribution >= 4 is 5.78 Å². The van der Waals surface area contributed by atoms with Crippen molar-refractivity contribution in [2.75, 3.05) is 20.8 Å². The number of rotatable bonds is 4. The van der Waals surface area contributed by atoms with Crippen LogP contribution in [0.25, 0.3) is 0 Å². The van der Waals surface area contributed by atoms with Gasteiger partial charge in [-0.2, -0.15) is 0 Å². The zero-order valence-corrected chi connectivity index (χ0v) is 17.4. The minimum Gasteiger partial charge on any atom is -0.493 e. The van der Waals surface area contributed by atoms with Crippen molar-refractivity contribution in [2.45, 2.75) is 49.1 Å². The highest BCUT2D eigenvalue weighted by Gasteiger charge is 2.78. The second-order valence-corrected chi connectivity index (χ2v) is 8.45. The van der Waals surface area contributed by atoms with E-state index in [1.54, 1.807) is 13.8 Å². The third-order valence-corrected chi connectivity index (χ3v) is 5.90. The predicted octanol–water partition coefficient (Wildman–Crippen LogP) is -3.02. The number of hydrogen-bond acceptors (Lipinski definition) is 12. The van der Waals surface area contributed by atoms with Gasteiger partial charge in [-0.05, 0) is 24.5 Å². The number of piperidine rings is 1. The maximum atomic E-state index is 12.9. The van der Waals surface area contributed by atoms with Gasteiger partial charge in [-0.25, -0.2) is 4.90 Å². The number of hydrogen-bond donors (Lipinski definition) is 8. The largest absolute Gasteiger partial charge is 0.493 e. The number of aliphatic hydroxyl groups is 8. The second kappa shape index (κ2) is 6.81. The number of nitrogens with zero attached hydrogens (tertiary/aromatic N) is 1. The zero-order chi connectivity index (χ0) is 23.8. The Kier molecular flexibility index (Phi) is 5.23. The molecule has 0 spiro atoms. The predicted molar refractivity (Wildman–Crippen MR) is 100 cm³/mol. The number of Topliss-reactive ketones (excluding diaryl/α,β-unsaturated/α-hetero) is 1. The fourth-order valence-electron chi connectivity index (χ4n) is 4.45. The molecule has 31 heavy (non-hydrogen) atoms. The highest BCUT2D eigenvalue weighted by Crippen LogP contribution is 2.56. The summed E-state index contributed by atoms with van der Waals surface area (Å²) in [6.07, 6.45) is -0.361. The lowest BCUT2D eigenvalue weighted by Crippen LogP contribution is -2.85. The lowest BCUT2D eigenvalue weighted by atomic mass is 9.69. The number of ketones is 1. The maximum Gasteiger partial charge on any atom is 0.289 e. The van der Waals surface area contributed by atoms with E-state index in [0.29, 0.717) is 0 Å². The van der Waals surface area contributed by atoms with E-state index in [0.717, 1.165) is 12.1 Å². The van der Waals surface area contributed by atoms with Crippen molar-refractivity contribution < 1.29 is 55.1 Å². The smallest absolute Gasteiger partial charge is 0.289 e. The molecule has 2 unspecified atom stereocenters. The van der Waals surface area contributed by atoms with Gasteiger partial charge in [0.2, 0.25) is 11.5 Å². The van der Waals surface area contributed by atoms with Gasteiger partial charge in [0.15, 0.2) is 11.5 Å². The molecule has 1 aromatic rings. The normalized spacial score (nSPS) is 31.2. The van der Waals surface area contributed by atoms with Gasteiger partial charge in [0.05, 0.1) is 14.2 Å². The first-order chi connectivity index (χ1) is 14.0. The van der Waals surface area contributed by atoms with E-state index in [1.807, 2.05) is 0 Å². The minimum atomic E-state index is -3.81. The van der Waals surface area contributed by atoms with Gasteiger partial charge >= 0.3 is 0 Å². The van der Waals surface area contributed by atoms with Crippen LogP contribution >= 0.6 is 0 Å². The molecule has 1 fully saturated rings. The standard InChI is InChI=1S/C19H27NO11/c1-9(2)7-15(22)8-20-16(23,18(26,27)14(15)21)10-5-12(30-3)13(31-4)6-11(10)17(24,25)19(20,28)29/h5-6,9,22-29H,7-8H2,1-4H3. The van der Waals surface area contributed by atoms with Crippen molar-refractivity contribution in [2.24, 2.45) is 5.92 Å². The molecule has 2 aliphatic heterocycles. The minimum absolute atomic E-state index is 0.0536. The van der Waals surface area contributed by atoms with Crippen LogP contribution in [0, 0.1) is 5.92 Å². The molecule has 2 atom stereocenters. The van der Waals surface area contributed by atoms with E-state index in [2.05, 4.69) is 0 Å². The Bertz CT molecular complexity index is 912. The van der Waals surface area contributed by atoms with Gasteiger partial charge in [0, 0.05) is 17.7 Å². The molecule has 12 heteroatoms. The van der Waals surface area contributed by atoms with Gasteiger partial charge in [-0.3, -0.25) is 4.79 Å². The molecule has 2 aliphatic rings. The summed E-state index contributed by atoms with van der Waals surface area (Å²) in [6.45, 7) is 2.14. The van der Waals surface area contributed by atoms with Crippen LogP contribution in [0.2, 0.25) is 0 Å². The average Bonchev–Trinajstić information content (AvgIpc) is 2.67. The Morgan fingerprint density at radius 2 is 1.39 bits per heavy atom. The van der Waals surface area contributed by atoms with Crippen LogP contribution < -0.4 is 9.47 Å². The summed E-state index contributed by atoms with van der Waals surface area (Å²) in [5.74, 6) is -13.4. The number of carbonyl (C=O) groups excluding carboxylic acids is 1. The molecular weight excluding hydrogens is 418 g/mol. The lowest BCUT2D eigenvalue weighted by Gasteiger charge is -2.61. The first-order valence-electron chi connectivity index (χ1n) is 9.41. The third kappa shape index (κ3) is 2.85. The van der Waals surface area contributed by atoms with Crippen LogP contribution in [-0.4, -0.2) is 89.6 Å². The Morgan fingerprint density at radius 1 is 0.903 bits per heavy atom. The van der Waals surface area contributed by atoms with Crippen LogP contribution in [0.1, 0.15) is 31.4 Å². The molecule has 174 valence electrons. The molecule has 0 saturated carbocycles. The lowest BCUT2D eigenvalue weighted by molar-refractivity contribution is -0.491. The molecule has 3 rings (SSSR count). The van der Waals surface area contributed by atoms with E-state index in [1.165, 1.54) is 14.2 Å². The van der Waals surface area contributed by atoms with Crippen LogP contribution in [0.4, 0.5) is 0 Å². The third-order valence-electron chi connectivity index (χ3n) is 5.90. The fraction of sp³-hybridized carbons (Fsp3) is 0.632. The molecule has 1 saturated heterocycles. The summed E-state index contributed by atoms with van der Waals surface area (Å²) in [4.78, 5) is 13.0. The van der Waals surface area contributed by atoms with Gasteiger partial charge in [-0.15, -0.1) is 0 Å². The molecule has 1 aromatic carbocycles. The van der Waals surface area contributed by atoms with E-state index in [4.69, 9.17) is 9.47 Å². The van der Waals surface area contributed by atoms with Gasteiger partial charge in [0.1, 0.15) is 5.60 Å². The summed E-state index contributed by atoms with van der Waals surface area (Å²) < 4.78 is 10.1. The second-order valence-electron chi connectivity index (χ2n) is 8.45.